The highest BCUT2D eigenvalue weighted by Gasteiger charge is 2.53. The highest BCUT2D eigenvalue weighted by atomic mass is 15.1. The van der Waals surface area contributed by atoms with Crippen LogP contribution in [-0.2, 0) is 5.41 Å². The summed E-state index contributed by atoms with van der Waals surface area (Å²) < 4.78 is 0. The molecule has 1 spiro atoms. The van der Waals surface area contributed by atoms with Crippen LogP contribution in [0.1, 0.15) is 22.3 Å². The van der Waals surface area contributed by atoms with Crippen molar-refractivity contribution in [2.75, 3.05) is 4.90 Å². The molecule has 0 saturated heterocycles. The van der Waals surface area contributed by atoms with E-state index < -0.39 is 5.41 Å². The highest BCUT2D eigenvalue weighted by molar-refractivity contribution is 6.08. The maximum Gasteiger partial charge on any atom is 0.0731 e. The van der Waals surface area contributed by atoms with E-state index in [1.54, 1.807) is 0 Å². The summed E-state index contributed by atoms with van der Waals surface area (Å²) in [5.74, 6) is 0. The average Bonchev–Trinajstić information content (AvgIpc) is 3.87. The molecule has 0 aromatic heterocycles. The summed E-state index contributed by atoms with van der Waals surface area (Å²) in [6.07, 6.45) is 0. The quantitative estimate of drug-likeness (QED) is 0.155. The lowest BCUT2D eigenvalue weighted by atomic mass is 9.68. The molecule has 0 bridgehead atoms. The molecule has 1 nitrogen and oxygen atoms in total. The van der Waals surface area contributed by atoms with E-state index in [0.29, 0.717) is 0 Å². The van der Waals surface area contributed by atoms with Gasteiger partial charge in [0.15, 0.2) is 0 Å². The second kappa shape index (κ2) is 15.3. The van der Waals surface area contributed by atoms with Crippen molar-refractivity contribution in [1.29, 1.82) is 0 Å². The van der Waals surface area contributed by atoms with E-state index in [4.69, 9.17) is 0 Å². The molecule has 0 fully saturated rings. The van der Waals surface area contributed by atoms with Gasteiger partial charge in [0.2, 0.25) is 0 Å². The molecule has 2 aliphatic carbocycles. The minimum Gasteiger partial charge on any atom is -0.310 e. The van der Waals surface area contributed by atoms with Crippen LogP contribution in [0.5, 0.6) is 0 Å². The Morgan fingerprint density at radius 1 is 0.258 bits per heavy atom. The molecule has 1 heteroatoms. The van der Waals surface area contributed by atoms with Gasteiger partial charge < -0.3 is 4.90 Å². The first-order chi connectivity index (χ1) is 32.8. The Labute approximate surface area is 386 Å². The molecule has 66 heavy (non-hydrogen) atoms. The van der Waals surface area contributed by atoms with Crippen molar-refractivity contribution in [2.45, 2.75) is 5.41 Å². The van der Waals surface area contributed by atoms with E-state index >= 15 is 0 Å². The molecule has 0 radical (unpaired) electrons. The maximum atomic E-state index is 2.46. The van der Waals surface area contributed by atoms with Crippen LogP contribution < -0.4 is 4.90 Å². The third kappa shape index (κ3) is 5.80. The summed E-state index contributed by atoms with van der Waals surface area (Å²) in [6, 6.07) is 96.5. The van der Waals surface area contributed by atoms with Gasteiger partial charge in [-0.1, -0.05) is 224 Å². The summed E-state index contributed by atoms with van der Waals surface area (Å²) in [7, 11) is 0. The van der Waals surface area contributed by atoms with Gasteiger partial charge in [0.25, 0.3) is 0 Å². The Morgan fingerprint density at radius 2 is 0.758 bits per heavy atom. The number of nitrogens with zero attached hydrogens (tertiary/aromatic N) is 1. The molecule has 0 unspecified atom stereocenters. The van der Waals surface area contributed by atoms with Crippen LogP contribution in [0.2, 0.25) is 0 Å². The van der Waals surface area contributed by atoms with Crippen LogP contribution >= 0.6 is 0 Å². The Morgan fingerprint density at radius 3 is 1.42 bits per heavy atom. The molecule has 11 aromatic rings. The number of rotatable bonds is 7. The topological polar surface area (TPSA) is 3.24 Å². The summed E-state index contributed by atoms with van der Waals surface area (Å²) in [6.45, 7) is 0. The van der Waals surface area contributed by atoms with E-state index in [-0.39, 0.29) is 0 Å². The maximum absolute atomic E-state index is 2.46. The van der Waals surface area contributed by atoms with Gasteiger partial charge >= 0.3 is 0 Å². The monoisotopic (exact) mass is 837 g/mol. The second-order valence-electron chi connectivity index (χ2n) is 17.5. The predicted molar refractivity (Wildman–Crippen MR) is 277 cm³/mol. The first-order valence-corrected chi connectivity index (χ1v) is 22.9. The van der Waals surface area contributed by atoms with Gasteiger partial charge in [0.05, 0.1) is 5.41 Å². The Hall–Kier alpha value is -8.52. The first kappa shape index (κ1) is 38.0. The average molecular weight is 838 g/mol. The summed E-state index contributed by atoms with van der Waals surface area (Å²) >= 11 is 0. The van der Waals surface area contributed by atoms with E-state index in [0.717, 1.165) is 17.1 Å². The number of hydrogen-bond acceptors (Lipinski definition) is 1. The third-order valence-corrected chi connectivity index (χ3v) is 14.1. The minimum absolute atomic E-state index is 0.548. The van der Waals surface area contributed by atoms with Crippen molar-refractivity contribution in [1.82, 2.24) is 0 Å². The van der Waals surface area contributed by atoms with Crippen LogP contribution in [0, 0.1) is 0 Å². The standard InChI is InChI=1S/C65H43N/c1-4-19-44(20-5-1)46-35-37-50(38-36-46)66(51-27-18-26-48(41-51)45-21-6-2-7-22-45)52-42-49-25-10-11-28-53(49)59(43-52)57-40-39-54(47-23-8-3-9-24-47)63-58-31-14-17-34-62(58)65(64(57)63)60-32-15-12-29-55(60)56-30-13-16-33-61(56)65/h1-43H. The van der Waals surface area contributed by atoms with Crippen molar-refractivity contribution in [3.8, 4) is 66.8 Å². The number of fused-ring (bicyclic) bond motifs is 11. The van der Waals surface area contributed by atoms with Crippen LogP contribution in [0.3, 0.4) is 0 Å². The molecule has 11 aromatic carbocycles. The molecular formula is C65H43N. The Bertz CT molecular complexity index is 3580. The molecule has 0 heterocycles. The molecule has 308 valence electrons. The fourth-order valence-electron chi connectivity index (χ4n) is 11.3. The van der Waals surface area contributed by atoms with Gasteiger partial charge in [-0.05, 0) is 136 Å². The molecule has 0 N–H and O–H groups in total. The molecule has 0 saturated carbocycles. The van der Waals surface area contributed by atoms with Gasteiger partial charge in [0.1, 0.15) is 0 Å². The highest BCUT2D eigenvalue weighted by Crippen LogP contribution is 2.66. The van der Waals surface area contributed by atoms with Crippen molar-refractivity contribution in [2.24, 2.45) is 0 Å². The molecule has 2 aliphatic rings. The molecule has 0 amide bonds. The van der Waals surface area contributed by atoms with E-state index in [2.05, 4.69) is 266 Å². The van der Waals surface area contributed by atoms with Crippen molar-refractivity contribution in [3.63, 3.8) is 0 Å². The minimum atomic E-state index is -0.548. The largest absolute Gasteiger partial charge is 0.310 e. The lowest BCUT2D eigenvalue weighted by Crippen LogP contribution is -2.26. The third-order valence-electron chi connectivity index (χ3n) is 14.1. The molecule has 0 aliphatic heterocycles. The van der Waals surface area contributed by atoms with Crippen LogP contribution in [-0.4, -0.2) is 0 Å². The Balaban J connectivity index is 1.11. The summed E-state index contributed by atoms with van der Waals surface area (Å²) in [4.78, 5) is 2.44. The lowest BCUT2D eigenvalue weighted by Gasteiger charge is -2.33. The number of hydrogen-bond donors (Lipinski definition) is 0. The summed E-state index contributed by atoms with van der Waals surface area (Å²) in [5, 5.41) is 2.41. The molecular weight excluding hydrogens is 795 g/mol. The summed E-state index contributed by atoms with van der Waals surface area (Å²) in [5.41, 5.74) is 22.9. The molecule has 0 atom stereocenters. The smallest absolute Gasteiger partial charge is 0.0731 e. The predicted octanol–water partition coefficient (Wildman–Crippen LogP) is 17.3. The second-order valence-corrected chi connectivity index (χ2v) is 17.5. The van der Waals surface area contributed by atoms with E-state index in [1.807, 2.05) is 0 Å². The number of anilines is 3. The first-order valence-electron chi connectivity index (χ1n) is 22.9. The number of benzene rings is 11. The van der Waals surface area contributed by atoms with Gasteiger partial charge in [-0.3, -0.25) is 0 Å². The fraction of sp³-hybridized carbons (Fsp3) is 0.0154. The van der Waals surface area contributed by atoms with Gasteiger partial charge in [-0.2, -0.15) is 0 Å². The van der Waals surface area contributed by atoms with Gasteiger partial charge in [-0.15, -0.1) is 0 Å². The lowest BCUT2D eigenvalue weighted by molar-refractivity contribution is 0.796. The van der Waals surface area contributed by atoms with Gasteiger partial charge in [0, 0.05) is 17.1 Å². The zero-order chi connectivity index (χ0) is 43.6. The SMILES string of the molecule is c1ccc(-c2ccc(N(c3cccc(-c4ccccc4)c3)c3cc(-c4ccc(-c5ccccc5)c5c4C4(c6ccccc6-c6ccccc64)c4ccccc4-5)c4ccccc4c3)cc2)cc1. The van der Waals surface area contributed by atoms with Crippen molar-refractivity contribution >= 4 is 27.8 Å². The van der Waals surface area contributed by atoms with Crippen molar-refractivity contribution < 1.29 is 0 Å². The fourth-order valence-corrected chi connectivity index (χ4v) is 11.3. The van der Waals surface area contributed by atoms with Crippen LogP contribution in [0.15, 0.2) is 261 Å². The van der Waals surface area contributed by atoms with E-state index in [9.17, 15) is 0 Å². The molecule has 13 rings (SSSR count). The van der Waals surface area contributed by atoms with Crippen molar-refractivity contribution in [3.05, 3.63) is 283 Å². The zero-order valence-electron chi connectivity index (χ0n) is 36.3. The van der Waals surface area contributed by atoms with Crippen LogP contribution in [0.4, 0.5) is 17.1 Å². The van der Waals surface area contributed by atoms with Crippen LogP contribution in [0.25, 0.3) is 77.5 Å². The Kier molecular flexibility index (Phi) is 8.82. The van der Waals surface area contributed by atoms with E-state index in [1.165, 1.54) is 99.8 Å². The zero-order valence-corrected chi connectivity index (χ0v) is 36.3. The van der Waals surface area contributed by atoms with Gasteiger partial charge in [-0.25, -0.2) is 0 Å². The normalized spacial score (nSPS) is 12.7.